The molecule has 72 valence electrons. The smallest absolute Gasteiger partial charge is 0.164 e. The van der Waals surface area contributed by atoms with E-state index in [9.17, 15) is 9.90 Å². The molecule has 0 aromatic carbocycles. The first-order chi connectivity index (χ1) is 6.16. The monoisotopic (exact) mass is 181 g/mol. The van der Waals surface area contributed by atoms with E-state index in [-0.39, 0.29) is 11.5 Å². The number of hydrogen-bond donors (Lipinski definition) is 1. The van der Waals surface area contributed by atoms with E-state index in [1.54, 1.807) is 0 Å². The highest BCUT2D eigenvalue weighted by molar-refractivity contribution is 6.23. The Morgan fingerprint density at radius 3 is 2.77 bits per heavy atom. The third-order valence-electron chi connectivity index (χ3n) is 2.05. The van der Waals surface area contributed by atoms with Crippen molar-refractivity contribution in [3.05, 3.63) is 11.3 Å². The van der Waals surface area contributed by atoms with Gasteiger partial charge in [0.2, 0.25) is 0 Å². The Morgan fingerprint density at radius 1 is 1.54 bits per heavy atom. The summed E-state index contributed by atoms with van der Waals surface area (Å²) in [5.74, 6) is 0.132. The van der Waals surface area contributed by atoms with Crippen molar-refractivity contribution in [2.75, 3.05) is 6.54 Å². The van der Waals surface area contributed by atoms with Crippen molar-refractivity contribution < 1.29 is 9.90 Å². The van der Waals surface area contributed by atoms with Crippen LogP contribution in [0.5, 0.6) is 0 Å². The zero-order valence-corrected chi connectivity index (χ0v) is 8.13. The number of rotatable bonds is 3. The number of Topliss-reactive ketones (excluding diaryl/α,β-unsaturated/α-hetero) is 1. The van der Waals surface area contributed by atoms with Crippen molar-refractivity contribution in [1.29, 1.82) is 0 Å². The minimum absolute atomic E-state index is 0.0788. The highest BCUT2D eigenvalue weighted by atomic mass is 16.3. The van der Waals surface area contributed by atoms with Crippen molar-refractivity contribution in [3.63, 3.8) is 0 Å². The van der Waals surface area contributed by atoms with E-state index in [0.29, 0.717) is 18.4 Å². The van der Waals surface area contributed by atoms with E-state index in [1.165, 1.54) is 6.92 Å². The Hall–Kier alpha value is -1.12. The molecular weight excluding hydrogens is 166 g/mol. The second-order valence-corrected chi connectivity index (χ2v) is 3.21. The summed E-state index contributed by atoms with van der Waals surface area (Å²) in [4.78, 5) is 15.4. The number of ketones is 1. The molecule has 0 aliphatic heterocycles. The van der Waals surface area contributed by atoms with Crippen LogP contribution in [0.25, 0.3) is 0 Å². The van der Waals surface area contributed by atoms with Crippen LogP contribution in [0.3, 0.4) is 0 Å². The van der Waals surface area contributed by atoms with Crippen molar-refractivity contribution >= 4 is 11.5 Å². The van der Waals surface area contributed by atoms with Crippen LogP contribution in [0.4, 0.5) is 0 Å². The lowest BCUT2D eigenvalue weighted by Crippen LogP contribution is -2.07. The molecule has 1 aliphatic rings. The summed E-state index contributed by atoms with van der Waals surface area (Å²) in [6, 6.07) is 0. The molecule has 13 heavy (non-hydrogen) atoms. The fourth-order valence-corrected chi connectivity index (χ4v) is 1.46. The Bertz CT molecular complexity index is 277. The van der Waals surface area contributed by atoms with Gasteiger partial charge in [-0.15, -0.1) is 0 Å². The van der Waals surface area contributed by atoms with Crippen molar-refractivity contribution in [3.8, 4) is 0 Å². The summed E-state index contributed by atoms with van der Waals surface area (Å²) >= 11 is 0. The summed E-state index contributed by atoms with van der Waals surface area (Å²) < 4.78 is 0. The first-order valence-electron chi connectivity index (χ1n) is 4.63. The molecule has 0 saturated carbocycles. The lowest BCUT2D eigenvalue weighted by Gasteiger charge is -1.99. The SMILES string of the molecule is CCCN=C1CCC(O)=C1C(C)=O. The molecule has 0 bridgehead atoms. The van der Waals surface area contributed by atoms with Crippen LogP contribution < -0.4 is 0 Å². The Morgan fingerprint density at radius 2 is 2.23 bits per heavy atom. The lowest BCUT2D eigenvalue weighted by atomic mass is 10.1. The maximum atomic E-state index is 11.1. The van der Waals surface area contributed by atoms with Gasteiger partial charge in [-0.05, 0) is 19.8 Å². The van der Waals surface area contributed by atoms with Gasteiger partial charge in [0, 0.05) is 18.7 Å². The first-order valence-corrected chi connectivity index (χ1v) is 4.63. The molecule has 0 amide bonds. The molecule has 0 aromatic rings. The van der Waals surface area contributed by atoms with Crippen LogP contribution in [-0.2, 0) is 4.79 Å². The van der Waals surface area contributed by atoms with Crippen molar-refractivity contribution in [2.45, 2.75) is 33.1 Å². The zero-order chi connectivity index (χ0) is 9.84. The number of hydrogen-bond acceptors (Lipinski definition) is 3. The molecule has 0 saturated heterocycles. The van der Waals surface area contributed by atoms with E-state index in [0.717, 1.165) is 18.7 Å². The second-order valence-electron chi connectivity index (χ2n) is 3.21. The molecule has 1 N–H and O–H groups in total. The lowest BCUT2D eigenvalue weighted by molar-refractivity contribution is -0.113. The first kappa shape index (κ1) is 9.96. The van der Waals surface area contributed by atoms with Gasteiger partial charge >= 0.3 is 0 Å². The van der Waals surface area contributed by atoms with Crippen LogP contribution in [0.2, 0.25) is 0 Å². The highest BCUT2D eigenvalue weighted by Gasteiger charge is 2.23. The molecule has 1 rings (SSSR count). The van der Waals surface area contributed by atoms with Crippen molar-refractivity contribution in [1.82, 2.24) is 0 Å². The summed E-state index contributed by atoms with van der Waals surface area (Å²) in [7, 11) is 0. The standard InChI is InChI=1S/C10H15NO2/c1-3-6-11-8-4-5-9(13)10(8)7(2)12/h13H,3-6H2,1-2H3. The number of carbonyl (C=O) groups is 1. The fourth-order valence-electron chi connectivity index (χ4n) is 1.46. The van der Waals surface area contributed by atoms with E-state index < -0.39 is 0 Å². The van der Waals surface area contributed by atoms with E-state index in [1.807, 2.05) is 6.92 Å². The molecule has 1 aliphatic carbocycles. The molecule has 0 fully saturated rings. The number of aliphatic imine (C=N–C) groups is 1. The molecule has 0 heterocycles. The number of nitrogens with zero attached hydrogens (tertiary/aromatic N) is 1. The molecule has 3 heteroatoms. The minimum Gasteiger partial charge on any atom is -0.511 e. The largest absolute Gasteiger partial charge is 0.511 e. The highest BCUT2D eigenvalue weighted by Crippen LogP contribution is 2.22. The van der Waals surface area contributed by atoms with Gasteiger partial charge in [-0.25, -0.2) is 0 Å². The van der Waals surface area contributed by atoms with E-state index in [2.05, 4.69) is 4.99 Å². The topological polar surface area (TPSA) is 49.7 Å². The summed E-state index contributed by atoms with van der Waals surface area (Å²) in [5, 5.41) is 9.41. The van der Waals surface area contributed by atoms with Crippen LogP contribution in [0, 0.1) is 0 Å². The Balaban J connectivity index is 2.85. The van der Waals surface area contributed by atoms with E-state index in [4.69, 9.17) is 0 Å². The van der Waals surface area contributed by atoms with Gasteiger partial charge < -0.3 is 5.11 Å². The molecule has 0 radical (unpaired) electrons. The Labute approximate surface area is 78.2 Å². The Kier molecular flexibility index (Phi) is 3.23. The van der Waals surface area contributed by atoms with Gasteiger partial charge in [-0.3, -0.25) is 9.79 Å². The molecule has 0 aromatic heterocycles. The predicted octanol–water partition coefficient (Wildman–Crippen LogP) is 2.03. The molecule has 0 unspecified atom stereocenters. The zero-order valence-electron chi connectivity index (χ0n) is 8.13. The minimum atomic E-state index is -0.0788. The van der Waals surface area contributed by atoms with Gasteiger partial charge in [0.15, 0.2) is 5.78 Å². The normalized spacial score (nSPS) is 20.0. The number of aliphatic hydroxyl groups is 1. The van der Waals surface area contributed by atoms with Gasteiger partial charge in [0.1, 0.15) is 5.76 Å². The number of carbonyl (C=O) groups excluding carboxylic acids is 1. The molecule has 0 spiro atoms. The number of aliphatic hydroxyl groups excluding tert-OH is 1. The van der Waals surface area contributed by atoms with Gasteiger partial charge in [0.25, 0.3) is 0 Å². The molecular formula is C10H15NO2. The summed E-state index contributed by atoms with van der Waals surface area (Å²) in [6.45, 7) is 4.24. The van der Waals surface area contributed by atoms with Gasteiger partial charge in [-0.1, -0.05) is 6.92 Å². The third kappa shape index (κ3) is 2.17. The van der Waals surface area contributed by atoms with Crippen LogP contribution in [0.15, 0.2) is 16.3 Å². The second kappa shape index (κ2) is 4.21. The average molecular weight is 181 g/mol. The predicted molar refractivity (Wildman–Crippen MR) is 52.2 cm³/mol. The summed E-state index contributed by atoms with van der Waals surface area (Å²) in [6.07, 6.45) is 2.24. The molecule has 3 nitrogen and oxygen atoms in total. The van der Waals surface area contributed by atoms with Crippen LogP contribution >= 0.6 is 0 Å². The molecule has 0 atom stereocenters. The van der Waals surface area contributed by atoms with Gasteiger partial charge in [-0.2, -0.15) is 0 Å². The van der Waals surface area contributed by atoms with Gasteiger partial charge in [0.05, 0.1) is 5.57 Å². The fraction of sp³-hybridized carbons (Fsp3) is 0.600. The average Bonchev–Trinajstić information content (AvgIpc) is 2.43. The van der Waals surface area contributed by atoms with Crippen LogP contribution in [-0.4, -0.2) is 23.1 Å². The summed E-state index contributed by atoms with van der Waals surface area (Å²) in [5.41, 5.74) is 1.24. The number of allylic oxidation sites excluding steroid dienone is 2. The maximum Gasteiger partial charge on any atom is 0.164 e. The van der Waals surface area contributed by atoms with E-state index >= 15 is 0 Å². The van der Waals surface area contributed by atoms with Crippen molar-refractivity contribution in [2.24, 2.45) is 4.99 Å². The third-order valence-corrected chi connectivity index (χ3v) is 2.05. The maximum absolute atomic E-state index is 11.1. The quantitative estimate of drug-likeness (QED) is 0.724. The van der Waals surface area contributed by atoms with Crippen LogP contribution in [0.1, 0.15) is 33.1 Å².